The first-order valence-electron chi connectivity index (χ1n) is 7.94. The SMILES string of the molecule is CC12N=C([N+](=O)[O-])N=C1C(=O)N(C1CCC1)C(=O)N2C1CCC1. The molecule has 3 amide bonds. The molecule has 0 bridgehead atoms. The average molecular weight is 319 g/mol. The summed E-state index contributed by atoms with van der Waals surface area (Å²) in [5, 5.41) is 11.1. The van der Waals surface area contributed by atoms with E-state index in [1.807, 2.05) is 0 Å². The summed E-state index contributed by atoms with van der Waals surface area (Å²) in [7, 11) is 0. The molecule has 2 heterocycles. The topological polar surface area (TPSA) is 108 Å². The number of hydrogen-bond acceptors (Lipinski definition) is 6. The zero-order valence-electron chi connectivity index (χ0n) is 12.8. The molecule has 122 valence electrons. The molecule has 2 aliphatic heterocycles. The molecule has 9 nitrogen and oxygen atoms in total. The van der Waals surface area contributed by atoms with E-state index in [-0.39, 0.29) is 23.8 Å². The lowest BCUT2D eigenvalue weighted by Crippen LogP contribution is -2.72. The van der Waals surface area contributed by atoms with E-state index in [4.69, 9.17) is 0 Å². The number of nitrogens with zero attached hydrogens (tertiary/aromatic N) is 5. The van der Waals surface area contributed by atoms with E-state index < -0.39 is 22.5 Å². The van der Waals surface area contributed by atoms with Crippen LogP contribution in [0.5, 0.6) is 0 Å². The molecule has 1 atom stereocenters. The summed E-state index contributed by atoms with van der Waals surface area (Å²) in [5.41, 5.74) is -1.34. The Morgan fingerprint density at radius 1 is 1.17 bits per heavy atom. The van der Waals surface area contributed by atoms with Crippen LogP contribution in [0, 0.1) is 10.1 Å². The van der Waals surface area contributed by atoms with Crippen molar-refractivity contribution in [2.45, 2.75) is 63.2 Å². The molecule has 0 aromatic carbocycles. The number of rotatable bonds is 2. The number of fused-ring (bicyclic) bond motifs is 1. The van der Waals surface area contributed by atoms with Crippen molar-refractivity contribution in [2.24, 2.45) is 9.98 Å². The van der Waals surface area contributed by atoms with E-state index in [9.17, 15) is 19.7 Å². The second-order valence-electron chi connectivity index (χ2n) is 6.65. The van der Waals surface area contributed by atoms with Crippen LogP contribution in [0.3, 0.4) is 0 Å². The van der Waals surface area contributed by atoms with Gasteiger partial charge in [0.25, 0.3) is 11.6 Å². The maximum atomic E-state index is 13.0. The lowest BCUT2D eigenvalue weighted by atomic mass is 9.85. The summed E-state index contributed by atoms with van der Waals surface area (Å²) < 4.78 is 0. The fourth-order valence-corrected chi connectivity index (χ4v) is 3.61. The number of hydrogen-bond donors (Lipinski definition) is 0. The van der Waals surface area contributed by atoms with E-state index >= 15 is 0 Å². The van der Waals surface area contributed by atoms with Crippen molar-refractivity contribution in [3.8, 4) is 0 Å². The number of aliphatic imine (C=N–C) groups is 2. The molecule has 3 fully saturated rings. The summed E-state index contributed by atoms with van der Waals surface area (Å²) in [6.07, 6.45) is 5.19. The van der Waals surface area contributed by atoms with Crippen LogP contribution in [-0.4, -0.2) is 56.1 Å². The van der Waals surface area contributed by atoms with E-state index in [1.54, 1.807) is 11.8 Å². The van der Waals surface area contributed by atoms with Gasteiger partial charge in [-0.2, -0.15) is 0 Å². The van der Waals surface area contributed by atoms with E-state index in [2.05, 4.69) is 9.98 Å². The van der Waals surface area contributed by atoms with Crippen molar-refractivity contribution < 1.29 is 14.5 Å². The second kappa shape index (κ2) is 4.59. The van der Waals surface area contributed by atoms with Gasteiger partial charge in [0.1, 0.15) is 0 Å². The van der Waals surface area contributed by atoms with Gasteiger partial charge in [-0.25, -0.2) is 4.79 Å². The maximum absolute atomic E-state index is 13.0. The van der Waals surface area contributed by atoms with Gasteiger partial charge in [-0.3, -0.25) is 14.6 Å². The zero-order chi connectivity index (χ0) is 16.4. The molecular formula is C14H17N5O4. The van der Waals surface area contributed by atoms with Gasteiger partial charge in [-0.15, -0.1) is 0 Å². The first-order chi connectivity index (χ1) is 10.9. The number of carbonyl (C=O) groups excluding carboxylic acids is 2. The standard InChI is InChI=1S/C14H17N5O4/c1-14-10(15-12(16-14)19(22)23)11(20)17(8-4-2-5-8)13(21)18(14)9-6-3-7-9/h8-9H,2-7H2,1H3. The minimum atomic E-state index is -1.35. The van der Waals surface area contributed by atoms with E-state index in [0.717, 1.165) is 38.5 Å². The highest BCUT2D eigenvalue weighted by Crippen LogP contribution is 2.41. The summed E-state index contributed by atoms with van der Waals surface area (Å²) >= 11 is 0. The largest absolute Gasteiger partial charge is 0.467 e. The Morgan fingerprint density at radius 2 is 1.78 bits per heavy atom. The minimum Gasteiger partial charge on any atom is -0.390 e. The number of imide groups is 1. The Bertz CT molecular complexity index is 679. The Kier molecular flexibility index (Phi) is 2.85. The van der Waals surface area contributed by atoms with Crippen LogP contribution in [-0.2, 0) is 4.79 Å². The monoisotopic (exact) mass is 319 g/mol. The zero-order valence-corrected chi connectivity index (χ0v) is 12.8. The van der Waals surface area contributed by atoms with Gasteiger partial charge in [0.15, 0.2) is 0 Å². The van der Waals surface area contributed by atoms with Crippen molar-refractivity contribution in [1.82, 2.24) is 9.80 Å². The highest BCUT2D eigenvalue weighted by Gasteiger charge is 2.64. The molecule has 0 aromatic heterocycles. The van der Waals surface area contributed by atoms with Gasteiger partial charge in [0.05, 0.1) is 0 Å². The molecule has 0 spiro atoms. The van der Waals surface area contributed by atoms with Gasteiger partial charge in [-0.05, 0) is 43.4 Å². The molecule has 4 rings (SSSR count). The highest BCUT2D eigenvalue weighted by atomic mass is 16.6. The van der Waals surface area contributed by atoms with Gasteiger partial charge >= 0.3 is 12.0 Å². The predicted octanol–water partition coefficient (Wildman–Crippen LogP) is 1.16. The quantitative estimate of drug-likeness (QED) is 0.562. The third-order valence-corrected chi connectivity index (χ3v) is 5.32. The molecule has 1 saturated heterocycles. The first-order valence-corrected chi connectivity index (χ1v) is 7.94. The number of amides is 3. The van der Waals surface area contributed by atoms with Gasteiger partial charge < -0.3 is 10.1 Å². The van der Waals surface area contributed by atoms with Crippen LogP contribution in [0.4, 0.5) is 4.79 Å². The molecule has 2 saturated carbocycles. The summed E-state index contributed by atoms with van der Waals surface area (Å²) in [5.74, 6) is -1.12. The van der Waals surface area contributed by atoms with E-state index in [1.165, 1.54) is 4.90 Å². The fraction of sp³-hybridized carbons (Fsp3) is 0.714. The molecule has 23 heavy (non-hydrogen) atoms. The van der Waals surface area contributed by atoms with Crippen molar-refractivity contribution in [2.75, 3.05) is 0 Å². The Balaban J connectivity index is 1.80. The lowest BCUT2D eigenvalue weighted by molar-refractivity contribution is -0.352. The summed E-state index contributed by atoms with van der Waals surface area (Å²) in [6, 6.07) is -0.535. The van der Waals surface area contributed by atoms with E-state index in [0.29, 0.717) is 0 Å². The van der Waals surface area contributed by atoms with Crippen molar-refractivity contribution in [3.63, 3.8) is 0 Å². The van der Waals surface area contributed by atoms with Crippen LogP contribution in [0.25, 0.3) is 0 Å². The Hall–Kier alpha value is -2.32. The third kappa shape index (κ3) is 1.79. The lowest BCUT2D eigenvalue weighted by Gasteiger charge is -2.50. The third-order valence-electron chi connectivity index (χ3n) is 5.32. The maximum Gasteiger partial charge on any atom is 0.467 e. The number of urea groups is 1. The molecular weight excluding hydrogens is 302 g/mol. The van der Waals surface area contributed by atoms with Crippen LogP contribution >= 0.6 is 0 Å². The molecule has 9 heteroatoms. The molecule has 4 aliphatic rings. The molecule has 2 aliphatic carbocycles. The van der Waals surface area contributed by atoms with Gasteiger partial charge in [0.2, 0.25) is 5.71 Å². The number of guanidine groups is 1. The van der Waals surface area contributed by atoms with Gasteiger partial charge in [-0.1, -0.05) is 9.98 Å². The average Bonchev–Trinajstić information content (AvgIpc) is 2.74. The predicted molar refractivity (Wildman–Crippen MR) is 79.6 cm³/mol. The first kappa shape index (κ1) is 14.3. The minimum absolute atomic E-state index is 0.00241. The molecule has 0 N–H and O–H groups in total. The molecule has 0 aromatic rings. The van der Waals surface area contributed by atoms with Crippen molar-refractivity contribution in [1.29, 1.82) is 0 Å². The Morgan fingerprint density at radius 3 is 2.26 bits per heavy atom. The fourth-order valence-electron chi connectivity index (χ4n) is 3.61. The normalized spacial score (nSPS) is 31.3. The second-order valence-corrected chi connectivity index (χ2v) is 6.65. The van der Waals surface area contributed by atoms with Crippen molar-refractivity contribution in [3.05, 3.63) is 10.1 Å². The summed E-state index contributed by atoms with van der Waals surface area (Å²) in [6.45, 7) is 1.58. The van der Waals surface area contributed by atoms with Gasteiger partial charge in [0, 0.05) is 19.0 Å². The van der Waals surface area contributed by atoms with Crippen LogP contribution in [0.2, 0.25) is 0 Å². The smallest absolute Gasteiger partial charge is 0.390 e. The molecule has 0 radical (unpaired) electrons. The molecule has 1 unspecified atom stereocenters. The Labute approximate surface area is 132 Å². The number of nitro groups is 1. The van der Waals surface area contributed by atoms with Crippen LogP contribution in [0.15, 0.2) is 9.98 Å². The van der Waals surface area contributed by atoms with Crippen LogP contribution < -0.4 is 0 Å². The van der Waals surface area contributed by atoms with Crippen LogP contribution in [0.1, 0.15) is 45.4 Å². The highest BCUT2D eigenvalue weighted by molar-refractivity contribution is 6.48. The summed E-state index contributed by atoms with van der Waals surface area (Å²) in [4.78, 5) is 46.8. The number of carbonyl (C=O) groups is 2. The van der Waals surface area contributed by atoms with Crippen molar-refractivity contribution >= 4 is 23.6 Å².